The Kier molecular flexibility index (Phi) is 10.4. The molecular weight excluding hydrogens is 264 g/mol. The van der Waals surface area contributed by atoms with Crippen LogP contribution in [0.1, 0.15) is 91.9 Å². The number of carbonyl (C=O) groups is 2. The second kappa shape index (κ2) is 10.8. The summed E-state index contributed by atoms with van der Waals surface area (Å²) in [5.41, 5.74) is 0.341. The fourth-order valence-corrected chi connectivity index (χ4v) is 2.65. The molecular formula is C18H34O3. The largest absolute Gasteiger partial charge is 0.481 e. The van der Waals surface area contributed by atoms with E-state index in [-0.39, 0.29) is 5.92 Å². The molecule has 3 nitrogen and oxygen atoms in total. The van der Waals surface area contributed by atoms with Gasteiger partial charge in [-0.3, -0.25) is 4.79 Å². The first-order chi connectivity index (χ1) is 9.74. The van der Waals surface area contributed by atoms with Gasteiger partial charge in [-0.15, -0.1) is 0 Å². The van der Waals surface area contributed by atoms with Gasteiger partial charge in [0.25, 0.3) is 0 Å². The maximum absolute atomic E-state index is 10.9. The van der Waals surface area contributed by atoms with E-state index in [1.807, 2.05) is 0 Å². The van der Waals surface area contributed by atoms with Crippen molar-refractivity contribution in [3.05, 3.63) is 0 Å². The van der Waals surface area contributed by atoms with Crippen molar-refractivity contribution in [3.63, 3.8) is 0 Å². The van der Waals surface area contributed by atoms with Gasteiger partial charge in [0.1, 0.15) is 5.78 Å². The summed E-state index contributed by atoms with van der Waals surface area (Å²) in [7, 11) is 0. The third kappa shape index (κ3) is 12.6. The maximum atomic E-state index is 10.9. The third-order valence-corrected chi connectivity index (χ3v) is 4.29. The van der Waals surface area contributed by atoms with Crippen molar-refractivity contribution in [2.45, 2.75) is 91.9 Å². The Bertz CT molecular complexity index is 308. The first-order valence-corrected chi connectivity index (χ1v) is 8.47. The van der Waals surface area contributed by atoms with Crippen LogP contribution < -0.4 is 0 Å². The van der Waals surface area contributed by atoms with Crippen LogP contribution in [0.25, 0.3) is 0 Å². The predicted molar refractivity (Wildman–Crippen MR) is 87.4 cm³/mol. The molecule has 0 spiro atoms. The molecule has 0 aliphatic heterocycles. The van der Waals surface area contributed by atoms with Crippen molar-refractivity contribution < 1.29 is 14.7 Å². The van der Waals surface area contributed by atoms with Gasteiger partial charge in [-0.1, -0.05) is 52.9 Å². The molecule has 0 saturated heterocycles. The number of hydrogen-bond acceptors (Lipinski definition) is 2. The molecule has 0 aliphatic carbocycles. The number of aliphatic carboxylic acids is 1. The van der Waals surface area contributed by atoms with Crippen molar-refractivity contribution in [3.8, 4) is 0 Å². The Morgan fingerprint density at radius 3 is 2.05 bits per heavy atom. The Balaban J connectivity index is 3.52. The lowest BCUT2D eigenvalue weighted by atomic mass is 9.82. The molecule has 3 heteroatoms. The van der Waals surface area contributed by atoms with Crippen LogP contribution in [0.4, 0.5) is 0 Å². The number of carboxylic acids is 1. The second-order valence-corrected chi connectivity index (χ2v) is 7.27. The smallest absolute Gasteiger partial charge is 0.306 e. The van der Waals surface area contributed by atoms with E-state index in [4.69, 9.17) is 5.11 Å². The third-order valence-electron chi connectivity index (χ3n) is 4.29. The van der Waals surface area contributed by atoms with Crippen molar-refractivity contribution in [2.24, 2.45) is 11.3 Å². The number of carbonyl (C=O) groups excluding carboxylic acids is 1. The van der Waals surface area contributed by atoms with Gasteiger partial charge in [0.2, 0.25) is 0 Å². The topological polar surface area (TPSA) is 54.4 Å². The fraction of sp³-hybridized carbons (Fsp3) is 0.889. The molecule has 0 radical (unpaired) electrons. The van der Waals surface area contributed by atoms with Crippen molar-refractivity contribution >= 4 is 11.8 Å². The minimum absolute atomic E-state index is 0.204. The minimum Gasteiger partial charge on any atom is -0.481 e. The van der Waals surface area contributed by atoms with Gasteiger partial charge in [0.15, 0.2) is 0 Å². The molecule has 0 aromatic carbocycles. The fourth-order valence-electron chi connectivity index (χ4n) is 2.65. The highest BCUT2D eigenvalue weighted by molar-refractivity contribution is 5.75. The number of carboxylic acid groups (broad SMARTS) is 1. The molecule has 1 atom stereocenters. The Hall–Kier alpha value is -0.860. The van der Waals surface area contributed by atoms with Crippen LogP contribution in [0.15, 0.2) is 0 Å². The highest BCUT2D eigenvalue weighted by Crippen LogP contribution is 2.30. The van der Waals surface area contributed by atoms with Crippen LogP contribution in [0.5, 0.6) is 0 Å². The molecule has 1 unspecified atom stereocenters. The first-order valence-electron chi connectivity index (χ1n) is 8.47. The monoisotopic (exact) mass is 298 g/mol. The summed E-state index contributed by atoms with van der Waals surface area (Å²) in [6.45, 7) is 8.04. The van der Waals surface area contributed by atoms with Gasteiger partial charge < -0.3 is 9.90 Å². The van der Waals surface area contributed by atoms with Crippen LogP contribution in [0, 0.1) is 11.3 Å². The van der Waals surface area contributed by atoms with Crippen LogP contribution in [0.3, 0.4) is 0 Å². The van der Waals surface area contributed by atoms with Crippen LogP contribution >= 0.6 is 0 Å². The van der Waals surface area contributed by atoms with Crippen molar-refractivity contribution in [2.75, 3.05) is 0 Å². The molecule has 0 heterocycles. The Labute approximate surface area is 130 Å². The summed E-state index contributed by atoms with van der Waals surface area (Å²) >= 11 is 0. The number of ketones is 1. The van der Waals surface area contributed by atoms with Gasteiger partial charge in [0.05, 0.1) is 5.92 Å². The van der Waals surface area contributed by atoms with E-state index in [0.29, 0.717) is 17.6 Å². The first kappa shape index (κ1) is 20.1. The van der Waals surface area contributed by atoms with Gasteiger partial charge >= 0.3 is 5.97 Å². The van der Waals surface area contributed by atoms with Gasteiger partial charge in [0, 0.05) is 6.42 Å². The molecule has 0 aliphatic rings. The van der Waals surface area contributed by atoms with E-state index < -0.39 is 5.97 Å². The van der Waals surface area contributed by atoms with E-state index in [1.54, 1.807) is 13.8 Å². The zero-order chi connectivity index (χ0) is 16.3. The highest BCUT2D eigenvalue weighted by Gasteiger charge is 2.17. The molecule has 0 bridgehead atoms. The zero-order valence-electron chi connectivity index (χ0n) is 14.4. The predicted octanol–water partition coefficient (Wildman–Crippen LogP) is 5.22. The maximum Gasteiger partial charge on any atom is 0.306 e. The van der Waals surface area contributed by atoms with Crippen LogP contribution in [-0.2, 0) is 9.59 Å². The SMILES string of the molecule is CC(=O)CCCC(C)(C)CCCCCCCC(C)C(=O)O. The van der Waals surface area contributed by atoms with Crippen molar-refractivity contribution in [1.82, 2.24) is 0 Å². The summed E-state index contributed by atoms with van der Waals surface area (Å²) in [4.78, 5) is 21.6. The van der Waals surface area contributed by atoms with Crippen LogP contribution in [0.2, 0.25) is 0 Å². The van der Waals surface area contributed by atoms with Gasteiger partial charge in [-0.25, -0.2) is 0 Å². The second-order valence-electron chi connectivity index (χ2n) is 7.27. The lowest BCUT2D eigenvalue weighted by molar-refractivity contribution is -0.141. The average molecular weight is 298 g/mol. The molecule has 0 aromatic heterocycles. The molecule has 0 saturated carbocycles. The summed E-state index contributed by atoms with van der Waals surface area (Å²) in [6, 6.07) is 0. The molecule has 1 N–H and O–H groups in total. The standard InChI is InChI=1S/C18H34O3/c1-15(17(20)21)11-8-6-5-7-9-13-18(3,4)14-10-12-16(2)19/h15H,5-14H2,1-4H3,(H,20,21). The van der Waals surface area contributed by atoms with E-state index in [0.717, 1.165) is 32.1 Å². The molecule has 21 heavy (non-hydrogen) atoms. The number of Topliss-reactive ketones (excluding diaryl/α,β-unsaturated/α-hetero) is 1. The average Bonchev–Trinajstić information content (AvgIpc) is 2.36. The molecule has 0 fully saturated rings. The number of unbranched alkanes of at least 4 members (excludes halogenated alkanes) is 4. The zero-order valence-corrected chi connectivity index (χ0v) is 14.4. The Morgan fingerprint density at radius 2 is 1.48 bits per heavy atom. The quantitative estimate of drug-likeness (QED) is 0.474. The normalized spacial score (nSPS) is 13.1. The summed E-state index contributed by atoms with van der Waals surface area (Å²) in [5, 5.41) is 8.80. The van der Waals surface area contributed by atoms with Gasteiger partial charge in [-0.2, -0.15) is 0 Å². The van der Waals surface area contributed by atoms with E-state index in [2.05, 4.69) is 13.8 Å². The molecule has 0 aromatic rings. The molecule has 124 valence electrons. The summed E-state index contributed by atoms with van der Waals surface area (Å²) in [5.74, 6) is -0.589. The molecule has 0 rings (SSSR count). The lowest BCUT2D eigenvalue weighted by Gasteiger charge is -2.24. The van der Waals surface area contributed by atoms with E-state index in [1.165, 1.54) is 25.7 Å². The molecule has 0 amide bonds. The Morgan fingerprint density at radius 1 is 0.952 bits per heavy atom. The highest BCUT2D eigenvalue weighted by atomic mass is 16.4. The van der Waals surface area contributed by atoms with Crippen LogP contribution in [-0.4, -0.2) is 16.9 Å². The summed E-state index contributed by atoms with van der Waals surface area (Å²) < 4.78 is 0. The number of hydrogen-bond donors (Lipinski definition) is 1. The minimum atomic E-state index is -0.678. The van der Waals surface area contributed by atoms with E-state index >= 15 is 0 Å². The summed E-state index contributed by atoms with van der Waals surface area (Å²) in [6.07, 6.45) is 10.7. The van der Waals surface area contributed by atoms with Crippen molar-refractivity contribution in [1.29, 1.82) is 0 Å². The van der Waals surface area contributed by atoms with Gasteiger partial charge in [-0.05, 0) is 38.0 Å². The van der Waals surface area contributed by atoms with E-state index in [9.17, 15) is 9.59 Å². The lowest BCUT2D eigenvalue weighted by Crippen LogP contribution is -2.11. The number of rotatable bonds is 13.